The third kappa shape index (κ3) is 3.25. The Morgan fingerprint density at radius 3 is 2.33 bits per heavy atom. The van der Waals surface area contributed by atoms with Gasteiger partial charge in [0.15, 0.2) is 5.75 Å². The monoisotopic (exact) mass is 296 g/mol. The molecule has 0 fully saturated rings. The van der Waals surface area contributed by atoms with Gasteiger partial charge in [-0.3, -0.25) is 4.79 Å². The van der Waals surface area contributed by atoms with Crippen LogP contribution in [0.5, 0.6) is 11.5 Å². The Kier molecular flexibility index (Phi) is 3.75. The minimum absolute atomic E-state index is 0.0667. The number of carbonyl (C=O) groups excluding carboxylic acids is 1. The van der Waals surface area contributed by atoms with Crippen LogP contribution in [0.4, 0.5) is 18.9 Å². The van der Waals surface area contributed by atoms with Gasteiger partial charge in [0, 0.05) is 5.56 Å². The van der Waals surface area contributed by atoms with Crippen molar-refractivity contribution in [1.82, 2.24) is 0 Å². The summed E-state index contributed by atoms with van der Waals surface area (Å²) in [5, 5.41) is 0. The first-order valence-corrected chi connectivity index (χ1v) is 5.82. The SMILES string of the molecule is NC(=O)c1ccc(N)c(Oc2ccccc2C(F)(F)F)c1. The van der Waals surface area contributed by atoms with Crippen molar-refractivity contribution in [2.75, 3.05) is 5.73 Å². The van der Waals surface area contributed by atoms with E-state index in [1.165, 1.54) is 36.4 Å². The van der Waals surface area contributed by atoms with Crippen molar-refractivity contribution in [3.8, 4) is 11.5 Å². The fraction of sp³-hybridized carbons (Fsp3) is 0.0714. The standard InChI is InChI=1S/C14H11F3N2O2/c15-14(16,17)9-3-1-2-4-11(9)21-12-7-8(13(19)20)5-6-10(12)18/h1-7H,18H2,(H2,19,20). The first-order valence-electron chi connectivity index (χ1n) is 5.82. The summed E-state index contributed by atoms with van der Waals surface area (Å²) in [7, 11) is 0. The summed E-state index contributed by atoms with van der Waals surface area (Å²) >= 11 is 0. The number of nitrogens with two attached hydrogens (primary N) is 2. The van der Waals surface area contributed by atoms with Crippen LogP contribution in [0.3, 0.4) is 0 Å². The van der Waals surface area contributed by atoms with Crippen LogP contribution in [0.15, 0.2) is 42.5 Å². The Morgan fingerprint density at radius 2 is 1.71 bits per heavy atom. The van der Waals surface area contributed by atoms with E-state index in [0.29, 0.717) is 0 Å². The highest BCUT2D eigenvalue weighted by molar-refractivity contribution is 5.93. The quantitative estimate of drug-likeness (QED) is 0.854. The van der Waals surface area contributed by atoms with Gasteiger partial charge in [0.05, 0.1) is 11.3 Å². The summed E-state index contributed by atoms with van der Waals surface area (Å²) in [5.41, 5.74) is 9.99. The van der Waals surface area contributed by atoms with Gasteiger partial charge >= 0.3 is 6.18 Å². The second-order valence-electron chi connectivity index (χ2n) is 4.21. The Labute approximate surface area is 118 Å². The molecular formula is C14H11F3N2O2. The second-order valence-corrected chi connectivity index (χ2v) is 4.21. The van der Waals surface area contributed by atoms with E-state index in [0.717, 1.165) is 6.07 Å². The summed E-state index contributed by atoms with van der Waals surface area (Å²) in [6.45, 7) is 0. The highest BCUT2D eigenvalue weighted by atomic mass is 19.4. The van der Waals surface area contributed by atoms with Crippen molar-refractivity contribution >= 4 is 11.6 Å². The smallest absolute Gasteiger partial charge is 0.419 e. The molecule has 0 radical (unpaired) electrons. The van der Waals surface area contributed by atoms with Crippen LogP contribution < -0.4 is 16.2 Å². The van der Waals surface area contributed by atoms with E-state index in [1.54, 1.807) is 0 Å². The van der Waals surface area contributed by atoms with Crippen LogP contribution in [-0.4, -0.2) is 5.91 Å². The average Bonchev–Trinajstić information content (AvgIpc) is 2.40. The molecule has 0 aliphatic rings. The van der Waals surface area contributed by atoms with E-state index in [-0.39, 0.29) is 17.0 Å². The minimum atomic E-state index is -4.56. The van der Waals surface area contributed by atoms with Crippen molar-refractivity contribution in [3.63, 3.8) is 0 Å². The summed E-state index contributed by atoms with van der Waals surface area (Å²) < 4.78 is 43.8. The van der Waals surface area contributed by atoms with Gasteiger partial charge in [-0.15, -0.1) is 0 Å². The molecule has 0 atom stereocenters. The molecule has 0 unspecified atom stereocenters. The number of benzene rings is 2. The first kappa shape index (κ1) is 14.7. The zero-order chi connectivity index (χ0) is 15.6. The molecule has 0 aromatic heterocycles. The van der Waals surface area contributed by atoms with Gasteiger partial charge in [0.2, 0.25) is 5.91 Å². The normalized spacial score (nSPS) is 11.2. The van der Waals surface area contributed by atoms with Crippen LogP contribution >= 0.6 is 0 Å². The number of rotatable bonds is 3. The van der Waals surface area contributed by atoms with Crippen LogP contribution in [0, 0.1) is 0 Å². The molecule has 7 heteroatoms. The highest BCUT2D eigenvalue weighted by Gasteiger charge is 2.34. The van der Waals surface area contributed by atoms with E-state index in [4.69, 9.17) is 16.2 Å². The lowest BCUT2D eigenvalue weighted by molar-refractivity contribution is -0.138. The average molecular weight is 296 g/mol. The predicted molar refractivity (Wildman–Crippen MR) is 70.9 cm³/mol. The number of alkyl halides is 3. The molecule has 1 amide bonds. The molecule has 0 spiro atoms. The maximum atomic E-state index is 12.9. The molecule has 4 N–H and O–H groups in total. The van der Waals surface area contributed by atoms with Gasteiger partial charge in [0.25, 0.3) is 0 Å². The Bertz CT molecular complexity index is 684. The Morgan fingerprint density at radius 1 is 1.05 bits per heavy atom. The van der Waals surface area contributed by atoms with Gasteiger partial charge in [-0.2, -0.15) is 13.2 Å². The molecule has 0 saturated heterocycles. The van der Waals surface area contributed by atoms with Crippen molar-refractivity contribution in [2.24, 2.45) is 5.73 Å². The topological polar surface area (TPSA) is 78.3 Å². The van der Waals surface area contributed by atoms with E-state index in [1.807, 2.05) is 0 Å². The molecule has 0 aliphatic carbocycles. The summed E-state index contributed by atoms with van der Waals surface area (Å²) in [5.74, 6) is -1.20. The van der Waals surface area contributed by atoms with Gasteiger partial charge < -0.3 is 16.2 Å². The molecule has 2 aromatic carbocycles. The molecule has 0 heterocycles. The van der Waals surface area contributed by atoms with E-state index in [2.05, 4.69) is 0 Å². The Hall–Kier alpha value is -2.70. The van der Waals surface area contributed by atoms with Crippen LogP contribution in [0.2, 0.25) is 0 Å². The molecular weight excluding hydrogens is 285 g/mol. The molecule has 2 rings (SSSR count). The number of halogens is 3. The molecule has 110 valence electrons. The van der Waals surface area contributed by atoms with Crippen molar-refractivity contribution in [3.05, 3.63) is 53.6 Å². The summed E-state index contributed by atoms with van der Waals surface area (Å²) in [6, 6.07) is 8.61. The first-order chi connectivity index (χ1) is 9.79. The van der Waals surface area contributed by atoms with Crippen LogP contribution in [-0.2, 0) is 6.18 Å². The maximum Gasteiger partial charge on any atom is 0.419 e. The largest absolute Gasteiger partial charge is 0.455 e. The highest BCUT2D eigenvalue weighted by Crippen LogP contribution is 2.39. The van der Waals surface area contributed by atoms with Gasteiger partial charge in [-0.05, 0) is 30.3 Å². The van der Waals surface area contributed by atoms with Crippen molar-refractivity contribution in [1.29, 1.82) is 0 Å². The molecule has 21 heavy (non-hydrogen) atoms. The summed E-state index contributed by atoms with van der Waals surface area (Å²) in [6.07, 6.45) is -4.56. The second kappa shape index (κ2) is 5.35. The molecule has 4 nitrogen and oxygen atoms in total. The number of hydrogen-bond acceptors (Lipinski definition) is 3. The Balaban J connectivity index is 2.44. The predicted octanol–water partition coefficient (Wildman–Crippen LogP) is 3.18. The zero-order valence-electron chi connectivity index (χ0n) is 10.6. The van der Waals surface area contributed by atoms with Gasteiger partial charge in [0.1, 0.15) is 5.75 Å². The number of ether oxygens (including phenoxy) is 1. The molecule has 2 aromatic rings. The zero-order valence-corrected chi connectivity index (χ0v) is 10.6. The number of primary amides is 1. The maximum absolute atomic E-state index is 12.9. The number of para-hydroxylation sites is 1. The lowest BCUT2D eigenvalue weighted by atomic mass is 10.1. The van der Waals surface area contributed by atoms with Crippen LogP contribution in [0.25, 0.3) is 0 Å². The van der Waals surface area contributed by atoms with Crippen molar-refractivity contribution in [2.45, 2.75) is 6.18 Å². The minimum Gasteiger partial charge on any atom is -0.455 e. The molecule has 0 aliphatic heterocycles. The fourth-order valence-corrected chi connectivity index (χ4v) is 1.68. The van der Waals surface area contributed by atoms with E-state index in [9.17, 15) is 18.0 Å². The summed E-state index contributed by atoms with van der Waals surface area (Å²) in [4.78, 5) is 11.1. The number of hydrogen-bond donors (Lipinski definition) is 2. The van der Waals surface area contributed by atoms with E-state index >= 15 is 0 Å². The third-order valence-electron chi connectivity index (χ3n) is 2.71. The lowest BCUT2D eigenvalue weighted by Crippen LogP contribution is -2.11. The number of nitrogen functional groups attached to an aromatic ring is 1. The third-order valence-corrected chi connectivity index (χ3v) is 2.71. The molecule has 0 bridgehead atoms. The van der Waals surface area contributed by atoms with E-state index < -0.39 is 23.4 Å². The number of carbonyl (C=O) groups is 1. The van der Waals surface area contributed by atoms with Crippen molar-refractivity contribution < 1.29 is 22.7 Å². The number of anilines is 1. The molecule has 0 saturated carbocycles. The van der Waals surface area contributed by atoms with Gasteiger partial charge in [-0.25, -0.2) is 0 Å². The van der Waals surface area contributed by atoms with Gasteiger partial charge in [-0.1, -0.05) is 12.1 Å². The lowest BCUT2D eigenvalue weighted by Gasteiger charge is -2.14. The van der Waals surface area contributed by atoms with Crippen LogP contribution in [0.1, 0.15) is 15.9 Å². The fourth-order valence-electron chi connectivity index (χ4n) is 1.68. The number of amides is 1.